The van der Waals surface area contributed by atoms with E-state index in [1.54, 1.807) is 24.3 Å². The van der Waals surface area contributed by atoms with Crippen molar-refractivity contribution in [2.45, 2.75) is 46.1 Å². The number of carbonyl (C=O) groups is 3. The number of aromatic amines is 1. The average molecular weight is 576 g/mol. The fourth-order valence-electron chi connectivity index (χ4n) is 5.69. The maximum atomic E-state index is 13.8. The molecule has 42 heavy (non-hydrogen) atoms. The molecule has 3 aromatic rings. The van der Waals surface area contributed by atoms with E-state index >= 15 is 0 Å². The number of hydrogen-bond acceptors (Lipinski definition) is 4. The van der Waals surface area contributed by atoms with Crippen molar-refractivity contribution >= 4 is 35.1 Å². The quantitative estimate of drug-likeness (QED) is 0.266. The zero-order valence-corrected chi connectivity index (χ0v) is 24.0. The summed E-state index contributed by atoms with van der Waals surface area (Å²) in [6.45, 7) is 9.01. The molecule has 2 aliphatic heterocycles. The van der Waals surface area contributed by atoms with Gasteiger partial charge in [-0.2, -0.15) is 0 Å². The van der Waals surface area contributed by atoms with Crippen LogP contribution in [0.2, 0.25) is 0 Å². The normalized spacial score (nSPS) is 16.4. The van der Waals surface area contributed by atoms with Crippen LogP contribution in [0.25, 0.3) is 11.6 Å². The highest BCUT2D eigenvalue weighted by atomic mass is 19.2. The third-order valence-electron chi connectivity index (χ3n) is 8.03. The lowest BCUT2D eigenvalue weighted by atomic mass is 10.0. The number of aryl methyl sites for hydroxylation is 1. The Kier molecular flexibility index (Phi) is 8.54. The van der Waals surface area contributed by atoms with Gasteiger partial charge in [0.05, 0.1) is 17.2 Å². The van der Waals surface area contributed by atoms with Crippen molar-refractivity contribution < 1.29 is 23.2 Å². The third kappa shape index (κ3) is 5.99. The van der Waals surface area contributed by atoms with Gasteiger partial charge in [-0.25, -0.2) is 8.78 Å². The Labute approximate surface area is 243 Å². The first-order valence-electron chi connectivity index (χ1n) is 14.3. The van der Waals surface area contributed by atoms with Crippen LogP contribution in [0.1, 0.15) is 81.0 Å². The summed E-state index contributed by atoms with van der Waals surface area (Å²) in [5.74, 6) is -2.82. The molecule has 0 aliphatic carbocycles. The van der Waals surface area contributed by atoms with Crippen LogP contribution in [-0.2, 0) is 4.79 Å². The van der Waals surface area contributed by atoms with E-state index in [4.69, 9.17) is 0 Å². The van der Waals surface area contributed by atoms with Crippen molar-refractivity contribution in [3.05, 3.63) is 87.2 Å². The topological polar surface area (TPSA) is 106 Å². The summed E-state index contributed by atoms with van der Waals surface area (Å²) in [6, 6.07) is 7.93. The maximum Gasteiger partial charge on any atom is 0.256 e. The first kappa shape index (κ1) is 29.2. The number of anilines is 1. The van der Waals surface area contributed by atoms with E-state index in [1.807, 2.05) is 20.8 Å². The molecule has 1 aromatic heterocycles. The van der Waals surface area contributed by atoms with Crippen molar-refractivity contribution in [1.82, 2.24) is 20.5 Å². The van der Waals surface area contributed by atoms with Gasteiger partial charge in [0.1, 0.15) is 0 Å². The highest BCUT2D eigenvalue weighted by Gasteiger charge is 2.27. The molecular weight excluding hydrogens is 540 g/mol. The zero-order valence-electron chi connectivity index (χ0n) is 24.0. The monoisotopic (exact) mass is 575 g/mol. The van der Waals surface area contributed by atoms with Gasteiger partial charge in [0.2, 0.25) is 0 Å². The van der Waals surface area contributed by atoms with Crippen LogP contribution in [0.4, 0.5) is 14.5 Å². The number of amides is 3. The number of fused-ring (bicyclic) bond motifs is 1. The van der Waals surface area contributed by atoms with Crippen LogP contribution in [0, 0.1) is 25.5 Å². The smallest absolute Gasteiger partial charge is 0.256 e. The van der Waals surface area contributed by atoms with Crippen molar-refractivity contribution in [2.75, 3.05) is 31.5 Å². The van der Waals surface area contributed by atoms with Crippen LogP contribution in [0.15, 0.2) is 36.4 Å². The second kappa shape index (κ2) is 12.3. The molecule has 0 saturated carbocycles. The molecule has 0 bridgehead atoms. The Bertz CT molecular complexity index is 1570. The lowest BCUT2D eigenvalue weighted by Crippen LogP contribution is -2.33. The van der Waals surface area contributed by atoms with Gasteiger partial charge in [-0.05, 0) is 93.7 Å². The minimum absolute atomic E-state index is 0.160. The van der Waals surface area contributed by atoms with Gasteiger partial charge in [-0.3, -0.25) is 14.4 Å². The SMILES string of the molecule is CCC(NC(=O)c1ccc2c(c1)/C(=C/c1[nH]c(C)c(C(=O)NCCN3CCCC3)c1C)C(=O)N2)c1ccc(F)c(F)c1. The molecule has 4 N–H and O–H groups in total. The molecule has 1 saturated heterocycles. The zero-order chi connectivity index (χ0) is 30.0. The van der Waals surface area contributed by atoms with Crippen molar-refractivity contribution in [2.24, 2.45) is 0 Å². The van der Waals surface area contributed by atoms with Crippen molar-refractivity contribution in [3.63, 3.8) is 0 Å². The summed E-state index contributed by atoms with van der Waals surface area (Å²) >= 11 is 0. The van der Waals surface area contributed by atoms with E-state index in [2.05, 4.69) is 25.8 Å². The predicted octanol–water partition coefficient (Wildman–Crippen LogP) is 5.11. The van der Waals surface area contributed by atoms with E-state index in [-0.39, 0.29) is 11.8 Å². The molecule has 2 aromatic carbocycles. The molecule has 1 atom stereocenters. The number of nitrogens with zero attached hydrogens (tertiary/aromatic N) is 1. The second-order valence-corrected chi connectivity index (χ2v) is 10.8. The first-order valence-corrected chi connectivity index (χ1v) is 14.3. The molecule has 2 aliphatic rings. The molecule has 1 unspecified atom stereocenters. The summed E-state index contributed by atoms with van der Waals surface area (Å²) in [5.41, 5.74) is 4.86. The van der Waals surface area contributed by atoms with Gasteiger partial charge < -0.3 is 25.8 Å². The van der Waals surface area contributed by atoms with E-state index in [9.17, 15) is 23.2 Å². The minimum atomic E-state index is -0.977. The number of carbonyl (C=O) groups excluding carboxylic acids is 3. The first-order chi connectivity index (χ1) is 20.2. The summed E-state index contributed by atoms with van der Waals surface area (Å²) in [6.07, 6.45) is 4.55. The van der Waals surface area contributed by atoms with E-state index in [1.165, 1.54) is 18.9 Å². The highest BCUT2D eigenvalue weighted by molar-refractivity contribution is 6.35. The standard InChI is InChI=1S/C32H35F2N5O3/c1-4-26(20-7-9-24(33)25(34)16-20)37-30(40)21-8-10-27-22(15-21)23(31(41)38-27)17-28-18(2)29(19(3)36-28)32(42)35-11-14-39-12-5-6-13-39/h7-10,15-17,26,36H,4-6,11-14H2,1-3H3,(H,35,42)(H,37,40)(H,38,41)/b23-17-. The molecule has 1 fully saturated rings. The van der Waals surface area contributed by atoms with Gasteiger partial charge in [-0.15, -0.1) is 0 Å². The van der Waals surface area contributed by atoms with Gasteiger partial charge in [-0.1, -0.05) is 13.0 Å². The van der Waals surface area contributed by atoms with Gasteiger partial charge in [0, 0.05) is 41.3 Å². The summed E-state index contributed by atoms with van der Waals surface area (Å²) in [7, 11) is 0. The molecular formula is C32H35F2N5O3. The number of H-pyrrole nitrogens is 1. The van der Waals surface area contributed by atoms with Gasteiger partial charge in [0.25, 0.3) is 17.7 Å². The fourth-order valence-corrected chi connectivity index (χ4v) is 5.69. The number of nitrogens with one attached hydrogen (secondary N) is 4. The summed E-state index contributed by atoms with van der Waals surface area (Å²) in [4.78, 5) is 44.7. The highest BCUT2D eigenvalue weighted by Crippen LogP contribution is 2.35. The molecule has 3 heterocycles. The Morgan fingerprint density at radius 3 is 2.52 bits per heavy atom. The lowest BCUT2D eigenvalue weighted by molar-refractivity contribution is -0.110. The molecule has 3 amide bonds. The number of aromatic nitrogens is 1. The number of likely N-dealkylation sites (tertiary alicyclic amines) is 1. The van der Waals surface area contributed by atoms with Crippen molar-refractivity contribution in [1.29, 1.82) is 0 Å². The minimum Gasteiger partial charge on any atom is -0.358 e. The average Bonchev–Trinajstić information content (AvgIpc) is 3.66. The summed E-state index contributed by atoms with van der Waals surface area (Å²) < 4.78 is 27.2. The molecule has 0 spiro atoms. The van der Waals surface area contributed by atoms with Crippen LogP contribution >= 0.6 is 0 Å². The largest absolute Gasteiger partial charge is 0.358 e. The Morgan fingerprint density at radius 2 is 1.81 bits per heavy atom. The maximum absolute atomic E-state index is 13.8. The van der Waals surface area contributed by atoms with E-state index in [0.717, 1.165) is 37.3 Å². The van der Waals surface area contributed by atoms with Crippen LogP contribution < -0.4 is 16.0 Å². The number of rotatable bonds is 9. The van der Waals surface area contributed by atoms with E-state index < -0.39 is 23.6 Å². The fraction of sp³-hybridized carbons (Fsp3) is 0.344. The lowest BCUT2D eigenvalue weighted by Gasteiger charge is -2.18. The molecule has 0 radical (unpaired) electrons. The predicted molar refractivity (Wildman–Crippen MR) is 158 cm³/mol. The van der Waals surface area contributed by atoms with Gasteiger partial charge in [0.15, 0.2) is 11.6 Å². The molecule has 10 heteroatoms. The molecule has 8 nitrogen and oxygen atoms in total. The molecule has 220 valence electrons. The summed E-state index contributed by atoms with van der Waals surface area (Å²) in [5, 5.41) is 8.71. The third-order valence-corrected chi connectivity index (χ3v) is 8.03. The van der Waals surface area contributed by atoms with Crippen LogP contribution in [0.5, 0.6) is 0 Å². The van der Waals surface area contributed by atoms with Gasteiger partial charge >= 0.3 is 0 Å². The van der Waals surface area contributed by atoms with E-state index in [0.29, 0.717) is 57.9 Å². The number of halogens is 2. The number of benzene rings is 2. The Hall–Kier alpha value is -4.31. The van der Waals surface area contributed by atoms with Crippen molar-refractivity contribution in [3.8, 4) is 0 Å². The Morgan fingerprint density at radius 1 is 1.05 bits per heavy atom. The molecule has 5 rings (SSSR count). The van der Waals surface area contributed by atoms with Crippen LogP contribution in [0.3, 0.4) is 0 Å². The Balaban J connectivity index is 1.35. The second-order valence-electron chi connectivity index (χ2n) is 10.8. The van der Waals surface area contributed by atoms with Crippen LogP contribution in [-0.4, -0.2) is 53.8 Å². The number of hydrogen-bond donors (Lipinski definition) is 4.